The van der Waals surface area contributed by atoms with Crippen molar-refractivity contribution in [2.75, 3.05) is 18.0 Å². The normalized spacial score (nSPS) is 19.8. The summed E-state index contributed by atoms with van der Waals surface area (Å²) in [5, 5.41) is 8.84. The smallest absolute Gasteiger partial charge is 0.419 e. The molecule has 1 atom stereocenters. The van der Waals surface area contributed by atoms with E-state index < -0.39 is 29.4 Å². The van der Waals surface area contributed by atoms with Crippen molar-refractivity contribution in [2.45, 2.75) is 12.6 Å². The minimum Gasteiger partial charge on any atom is -0.481 e. The fraction of sp³-hybridized carbons (Fsp3) is 0.417. The number of anilines is 1. The Morgan fingerprint density at radius 1 is 1.37 bits per heavy atom. The number of carbonyl (C=O) groups is 1. The van der Waals surface area contributed by atoms with E-state index >= 15 is 0 Å². The monoisotopic (exact) mass is 277 g/mol. The zero-order chi connectivity index (χ0) is 14.2. The van der Waals surface area contributed by atoms with Gasteiger partial charge in [0.25, 0.3) is 0 Å². The fourth-order valence-corrected chi connectivity index (χ4v) is 2.12. The lowest BCUT2D eigenvalue weighted by Crippen LogP contribution is -2.23. The first-order valence-electron chi connectivity index (χ1n) is 5.63. The Bertz CT molecular complexity index is 501. The van der Waals surface area contributed by atoms with Crippen LogP contribution in [0.2, 0.25) is 0 Å². The maximum absolute atomic E-state index is 13.1. The van der Waals surface area contributed by atoms with Crippen molar-refractivity contribution >= 4 is 11.7 Å². The van der Waals surface area contributed by atoms with Crippen molar-refractivity contribution in [2.24, 2.45) is 5.92 Å². The van der Waals surface area contributed by atoms with Crippen LogP contribution in [0.15, 0.2) is 18.2 Å². The highest BCUT2D eigenvalue weighted by Gasteiger charge is 2.35. The lowest BCUT2D eigenvalue weighted by Gasteiger charge is -2.19. The first-order chi connectivity index (χ1) is 8.79. The Morgan fingerprint density at radius 2 is 2.05 bits per heavy atom. The van der Waals surface area contributed by atoms with Crippen molar-refractivity contribution in [1.82, 2.24) is 0 Å². The average Bonchev–Trinajstić information content (AvgIpc) is 2.77. The zero-order valence-electron chi connectivity index (χ0n) is 9.75. The highest BCUT2D eigenvalue weighted by Crippen LogP contribution is 2.35. The SMILES string of the molecule is O=C(O)C1CCN(c2ccc(F)c(C(F)(F)F)c2)C1. The highest BCUT2D eigenvalue weighted by atomic mass is 19.4. The number of hydrogen-bond donors (Lipinski definition) is 1. The minimum absolute atomic E-state index is 0.137. The number of benzene rings is 1. The molecule has 1 fully saturated rings. The molecule has 1 saturated heterocycles. The summed E-state index contributed by atoms with van der Waals surface area (Å²) in [6.45, 7) is 0.484. The largest absolute Gasteiger partial charge is 0.481 e. The molecule has 0 bridgehead atoms. The van der Waals surface area contributed by atoms with Crippen molar-refractivity contribution in [3.05, 3.63) is 29.6 Å². The van der Waals surface area contributed by atoms with Crippen LogP contribution in [0.1, 0.15) is 12.0 Å². The Morgan fingerprint density at radius 3 is 2.58 bits per heavy atom. The van der Waals surface area contributed by atoms with Gasteiger partial charge < -0.3 is 10.0 Å². The fourth-order valence-electron chi connectivity index (χ4n) is 2.12. The second-order valence-corrected chi connectivity index (χ2v) is 4.43. The van der Waals surface area contributed by atoms with Gasteiger partial charge in [-0.2, -0.15) is 13.2 Å². The Balaban J connectivity index is 2.25. The molecule has 1 unspecified atom stereocenters. The molecule has 1 heterocycles. The summed E-state index contributed by atoms with van der Waals surface area (Å²) in [6.07, 6.45) is -4.39. The van der Waals surface area contributed by atoms with Gasteiger partial charge >= 0.3 is 12.1 Å². The number of nitrogens with zero attached hydrogens (tertiary/aromatic N) is 1. The molecule has 3 nitrogen and oxygen atoms in total. The molecule has 0 radical (unpaired) electrons. The van der Waals surface area contributed by atoms with Crippen LogP contribution in [0.3, 0.4) is 0 Å². The number of aliphatic carboxylic acids is 1. The number of hydrogen-bond acceptors (Lipinski definition) is 2. The van der Waals surface area contributed by atoms with Crippen LogP contribution in [0.4, 0.5) is 23.2 Å². The molecule has 0 spiro atoms. The van der Waals surface area contributed by atoms with Crippen LogP contribution in [0, 0.1) is 11.7 Å². The molecule has 1 aliphatic rings. The third kappa shape index (κ3) is 2.80. The van der Waals surface area contributed by atoms with Gasteiger partial charge in [0, 0.05) is 18.8 Å². The van der Waals surface area contributed by atoms with Crippen LogP contribution in [0.25, 0.3) is 0 Å². The van der Waals surface area contributed by atoms with Gasteiger partial charge in [-0.25, -0.2) is 4.39 Å². The Hall–Kier alpha value is -1.79. The predicted octanol–water partition coefficient (Wildman–Crippen LogP) is 2.76. The number of carboxylic acid groups (broad SMARTS) is 1. The first kappa shape index (κ1) is 13.6. The summed E-state index contributed by atoms with van der Waals surface area (Å²) in [4.78, 5) is 12.3. The van der Waals surface area contributed by atoms with E-state index in [0.717, 1.165) is 12.1 Å². The Kier molecular flexibility index (Phi) is 3.38. The predicted molar refractivity (Wildman–Crippen MR) is 59.4 cm³/mol. The third-order valence-corrected chi connectivity index (χ3v) is 3.16. The van der Waals surface area contributed by atoms with Gasteiger partial charge in [0.2, 0.25) is 0 Å². The maximum atomic E-state index is 13.1. The van der Waals surface area contributed by atoms with Crippen molar-refractivity contribution in [3.63, 3.8) is 0 Å². The molecular formula is C12H11F4NO2. The molecule has 0 amide bonds. The number of halogens is 4. The Labute approximate surface area is 106 Å². The van der Waals surface area contributed by atoms with E-state index in [4.69, 9.17) is 5.11 Å². The summed E-state index contributed by atoms with van der Waals surface area (Å²) in [5.41, 5.74) is -1.14. The summed E-state index contributed by atoms with van der Waals surface area (Å²) in [5.74, 6) is -2.90. The standard InChI is InChI=1S/C12H11F4NO2/c13-10-2-1-8(5-9(10)12(14,15)16)17-4-3-7(6-17)11(18)19/h1-2,5,7H,3-4,6H2,(H,18,19). The molecule has 1 aromatic rings. The second-order valence-electron chi connectivity index (χ2n) is 4.43. The van der Waals surface area contributed by atoms with E-state index in [-0.39, 0.29) is 12.2 Å². The number of rotatable bonds is 2. The van der Waals surface area contributed by atoms with Gasteiger partial charge in [-0.1, -0.05) is 0 Å². The zero-order valence-corrected chi connectivity index (χ0v) is 9.75. The minimum atomic E-state index is -4.76. The molecule has 2 rings (SSSR count). The van der Waals surface area contributed by atoms with E-state index in [9.17, 15) is 22.4 Å². The van der Waals surface area contributed by atoms with Gasteiger partial charge in [-0.05, 0) is 24.6 Å². The molecule has 0 aromatic heterocycles. The number of carboxylic acids is 1. The average molecular weight is 277 g/mol. The second kappa shape index (κ2) is 4.71. The van der Waals surface area contributed by atoms with Crippen molar-refractivity contribution in [3.8, 4) is 0 Å². The van der Waals surface area contributed by atoms with Crippen LogP contribution >= 0.6 is 0 Å². The molecule has 7 heteroatoms. The van der Waals surface area contributed by atoms with Gasteiger partial charge in [0.1, 0.15) is 5.82 Å². The molecular weight excluding hydrogens is 266 g/mol. The van der Waals surface area contributed by atoms with Crippen LogP contribution in [-0.2, 0) is 11.0 Å². The maximum Gasteiger partial charge on any atom is 0.419 e. The molecule has 19 heavy (non-hydrogen) atoms. The summed E-state index contributed by atoms with van der Waals surface area (Å²) in [6, 6.07) is 2.71. The third-order valence-electron chi connectivity index (χ3n) is 3.16. The van der Waals surface area contributed by atoms with Crippen LogP contribution < -0.4 is 4.90 Å². The van der Waals surface area contributed by atoms with Crippen molar-refractivity contribution in [1.29, 1.82) is 0 Å². The van der Waals surface area contributed by atoms with Gasteiger partial charge in [0.15, 0.2) is 0 Å². The van der Waals surface area contributed by atoms with Gasteiger partial charge in [-0.15, -0.1) is 0 Å². The summed E-state index contributed by atoms with van der Waals surface area (Å²) < 4.78 is 50.8. The molecule has 1 N–H and O–H groups in total. The molecule has 1 aromatic carbocycles. The van der Waals surface area contributed by atoms with E-state index in [1.807, 2.05) is 0 Å². The lowest BCUT2D eigenvalue weighted by molar-refractivity contribution is -0.141. The summed E-state index contributed by atoms with van der Waals surface area (Å²) >= 11 is 0. The lowest BCUT2D eigenvalue weighted by atomic mass is 10.1. The highest BCUT2D eigenvalue weighted by molar-refractivity contribution is 5.72. The summed E-state index contributed by atoms with van der Waals surface area (Å²) in [7, 11) is 0. The van der Waals surface area contributed by atoms with Gasteiger partial charge in [-0.3, -0.25) is 4.79 Å². The van der Waals surface area contributed by atoms with E-state index in [2.05, 4.69) is 0 Å². The first-order valence-corrected chi connectivity index (χ1v) is 5.63. The van der Waals surface area contributed by atoms with Crippen molar-refractivity contribution < 1.29 is 27.5 Å². The number of alkyl halides is 3. The van der Waals surface area contributed by atoms with Crippen LogP contribution in [0.5, 0.6) is 0 Å². The molecule has 0 aliphatic carbocycles. The van der Waals surface area contributed by atoms with Gasteiger partial charge in [0.05, 0.1) is 11.5 Å². The van der Waals surface area contributed by atoms with Crippen LogP contribution in [-0.4, -0.2) is 24.2 Å². The topological polar surface area (TPSA) is 40.5 Å². The van der Waals surface area contributed by atoms with E-state index in [1.54, 1.807) is 0 Å². The molecule has 0 saturated carbocycles. The van der Waals surface area contributed by atoms with E-state index in [1.165, 1.54) is 11.0 Å². The molecule has 1 aliphatic heterocycles. The quantitative estimate of drug-likeness (QED) is 0.845. The molecule has 104 valence electrons. The van der Waals surface area contributed by atoms with E-state index in [0.29, 0.717) is 13.0 Å².